The zero-order chi connectivity index (χ0) is 18.0. The van der Waals surface area contributed by atoms with Crippen LogP contribution in [0.4, 0.5) is 11.4 Å². The number of hydrogen-bond acceptors (Lipinski definition) is 4. The molecule has 2 N–H and O–H groups in total. The van der Waals surface area contributed by atoms with Crippen molar-refractivity contribution in [3.05, 3.63) is 53.6 Å². The van der Waals surface area contributed by atoms with Crippen molar-refractivity contribution in [1.82, 2.24) is 0 Å². The van der Waals surface area contributed by atoms with Crippen LogP contribution in [0, 0.1) is 6.92 Å². The number of anilines is 2. The van der Waals surface area contributed by atoms with Crippen molar-refractivity contribution in [2.75, 3.05) is 15.7 Å². The van der Waals surface area contributed by atoms with Crippen molar-refractivity contribution in [3.8, 4) is 0 Å². The van der Waals surface area contributed by atoms with Gasteiger partial charge in [-0.3, -0.25) is 9.44 Å². The van der Waals surface area contributed by atoms with E-state index in [-0.39, 0.29) is 10.6 Å². The maximum absolute atomic E-state index is 12.4. The second-order valence-corrected chi connectivity index (χ2v) is 8.94. The molecule has 0 spiro atoms. The zero-order valence-corrected chi connectivity index (χ0v) is 15.3. The molecule has 0 aliphatic carbocycles. The quantitative estimate of drug-likeness (QED) is 0.820. The Bertz CT molecular complexity index is 935. The summed E-state index contributed by atoms with van der Waals surface area (Å²) >= 11 is 0. The fourth-order valence-electron chi connectivity index (χ4n) is 2.11. The Morgan fingerprint density at radius 3 is 2.08 bits per heavy atom. The Kier molecular flexibility index (Phi) is 5.19. The fourth-order valence-corrected chi connectivity index (χ4v) is 3.78. The second-order valence-electron chi connectivity index (χ2n) is 5.51. The Hall–Kier alpha value is -2.06. The third-order valence-corrected chi connectivity index (χ3v) is 5.41. The van der Waals surface area contributed by atoms with Gasteiger partial charge in [-0.05, 0) is 48.7 Å². The summed E-state index contributed by atoms with van der Waals surface area (Å²) in [7, 11) is -7.19. The largest absolute Gasteiger partial charge is 0.283 e. The summed E-state index contributed by atoms with van der Waals surface area (Å²) in [5.41, 5.74) is 2.35. The topological polar surface area (TPSA) is 92.3 Å². The van der Waals surface area contributed by atoms with Crippen LogP contribution < -0.4 is 9.44 Å². The van der Waals surface area contributed by atoms with Crippen molar-refractivity contribution in [1.29, 1.82) is 0 Å². The summed E-state index contributed by atoms with van der Waals surface area (Å²) in [4.78, 5) is 0.151. The van der Waals surface area contributed by atoms with Crippen LogP contribution in [0.25, 0.3) is 0 Å². The maximum atomic E-state index is 12.4. The van der Waals surface area contributed by atoms with Gasteiger partial charge in [-0.1, -0.05) is 25.1 Å². The lowest BCUT2D eigenvalue weighted by Gasteiger charge is -2.12. The van der Waals surface area contributed by atoms with E-state index in [1.807, 2.05) is 6.92 Å². The summed E-state index contributed by atoms with van der Waals surface area (Å²) in [5.74, 6) is 0. The van der Waals surface area contributed by atoms with Gasteiger partial charge in [0.15, 0.2) is 0 Å². The van der Waals surface area contributed by atoms with E-state index in [2.05, 4.69) is 9.44 Å². The first-order chi connectivity index (χ1) is 11.1. The number of hydrogen-bond donors (Lipinski definition) is 2. The number of sulfonamides is 2. The Labute approximate surface area is 143 Å². The monoisotopic (exact) mass is 368 g/mol. The van der Waals surface area contributed by atoms with Crippen molar-refractivity contribution >= 4 is 31.4 Å². The molecule has 0 aromatic heterocycles. The molecule has 0 saturated carbocycles. The van der Waals surface area contributed by atoms with Crippen LogP contribution in [0.1, 0.15) is 18.1 Å². The minimum Gasteiger partial charge on any atom is -0.283 e. The van der Waals surface area contributed by atoms with Gasteiger partial charge in [-0.25, -0.2) is 16.8 Å². The normalized spacial score (nSPS) is 12.0. The third kappa shape index (κ3) is 4.72. The zero-order valence-electron chi connectivity index (χ0n) is 13.7. The highest BCUT2D eigenvalue weighted by Crippen LogP contribution is 2.23. The van der Waals surface area contributed by atoms with E-state index in [0.717, 1.165) is 18.2 Å². The molecule has 8 heteroatoms. The van der Waals surface area contributed by atoms with Gasteiger partial charge >= 0.3 is 0 Å². The number of rotatable bonds is 6. The van der Waals surface area contributed by atoms with Crippen molar-refractivity contribution < 1.29 is 16.8 Å². The third-order valence-electron chi connectivity index (χ3n) is 3.43. The van der Waals surface area contributed by atoms with Crippen LogP contribution in [-0.2, 0) is 26.5 Å². The van der Waals surface area contributed by atoms with Crippen LogP contribution in [0.2, 0.25) is 0 Å². The van der Waals surface area contributed by atoms with Crippen LogP contribution >= 0.6 is 0 Å². The highest BCUT2D eigenvalue weighted by Gasteiger charge is 2.15. The molecular formula is C16H20N2O4S2. The highest BCUT2D eigenvalue weighted by atomic mass is 32.2. The van der Waals surface area contributed by atoms with E-state index in [9.17, 15) is 16.8 Å². The van der Waals surface area contributed by atoms with Gasteiger partial charge in [0.2, 0.25) is 10.0 Å². The van der Waals surface area contributed by atoms with E-state index in [1.165, 1.54) is 6.07 Å². The number of nitrogens with one attached hydrogen (secondary N) is 2. The molecule has 2 aromatic carbocycles. The molecule has 0 saturated heterocycles. The molecule has 0 bridgehead atoms. The molecule has 0 heterocycles. The SMILES string of the molecule is CCc1ccc(S(=O)(=O)Nc2ccc(C)c(NS(C)(=O)=O)c2)cc1. The molecule has 6 nitrogen and oxygen atoms in total. The lowest BCUT2D eigenvalue weighted by atomic mass is 10.2. The Morgan fingerprint density at radius 2 is 1.54 bits per heavy atom. The fraction of sp³-hybridized carbons (Fsp3) is 0.250. The molecule has 24 heavy (non-hydrogen) atoms. The maximum Gasteiger partial charge on any atom is 0.261 e. The van der Waals surface area contributed by atoms with E-state index in [0.29, 0.717) is 11.3 Å². The summed E-state index contributed by atoms with van der Waals surface area (Å²) in [6, 6.07) is 11.3. The summed E-state index contributed by atoms with van der Waals surface area (Å²) in [5, 5.41) is 0. The predicted molar refractivity (Wildman–Crippen MR) is 96.3 cm³/mol. The predicted octanol–water partition coefficient (Wildman–Crippen LogP) is 2.73. The summed E-state index contributed by atoms with van der Waals surface area (Å²) in [6.07, 6.45) is 1.87. The van der Waals surface area contributed by atoms with Crippen LogP contribution in [0.3, 0.4) is 0 Å². The average molecular weight is 368 g/mol. The van der Waals surface area contributed by atoms with Gasteiger partial charge in [0.05, 0.1) is 22.5 Å². The first-order valence-corrected chi connectivity index (χ1v) is 10.7. The molecule has 0 amide bonds. The van der Waals surface area contributed by atoms with E-state index in [1.54, 1.807) is 43.3 Å². The van der Waals surface area contributed by atoms with Gasteiger partial charge in [0.1, 0.15) is 0 Å². The molecule has 0 aliphatic rings. The van der Waals surface area contributed by atoms with Gasteiger partial charge in [0, 0.05) is 0 Å². The molecular weight excluding hydrogens is 348 g/mol. The van der Waals surface area contributed by atoms with Gasteiger partial charge in [-0.2, -0.15) is 0 Å². The Balaban J connectivity index is 2.30. The van der Waals surface area contributed by atoms with E-state index < -0.39 is 20.0 Å². The lowest BCUT2D eigenvalue weighted by Crippen LogP contribution is -2.14. The Morgan fingerprint density at radius 1 is 0.917 bits per heavy atom. The standard InChI is InChI=1S/C16H20N2O4S2/c1-4-13-6-9-15(10-7-13)24(21,22)17-14-8-5-12(2)16(11-14)18-23(3,19)20/h5-11,17-18H,4H2,1-3H3. The van der Waals surface area contributed by atoms with Crippen molar-refractivity contribution in [2.24, 2.45) is 0 Å². The van der Waals surface area contributed by atoms with Crippen LogP contribution in [-0.4, -0.2) is 23.1 Å². The average Bonchev–Trinajstić information content (AvgIpc) is 2.49. The summed E-state index contributed by atoms with van der Waals surface area (Å²) < 4.78 is 52.5. The van der Waals surface area contributed by atoms with Gasteiger partial charge in [0.25, 0.3) is 10.0 Å². The lowest BCUT2D eigenvalue weighted by molar-refractivity contribution is 0.601. The smallest absolute Gasteiger partial charge is 0.261 e. The summed E-state index contributed by atoms with van der Waals surface area (Å²) in [6.45, 7) is 3.72. The molecule has 0 radical (unpaired) electrons. The molecule has 0 unspecified atom stereocenters. The highest BCUT2D eigenvalue weighted by molar-refractivity contribution is 7.92. The van der Waals surface area contributed by atoms with Crippen LogP contribution in [0.5, 0.6) is 0 Å². The molecule has 0 aliphatic heterocycles. The minimum atomic E-state index is -3.74. The van der Waals surface area contributed by atoms with E-state index in [4.69, 9.17) is 0 Å². The number of aryl methyl sites for hydroxylation is 2. The second kappa shape index (κ2) is 6.82. The number of benzene rings is 2. The van der Waals surface area contributed by atoms with Crippen LogP contribution in [0.15, 0.2) is 47.4 Å². The first-order valence-electron chi connectivity index (χ1n) is 7.31. The van der Waals surface area contributed by atoms with Crippen molar-refractivity contribution in [3.63, 3.8) is 0 Å². The van der Waals surface area contributed by atoms with Gasteiger partial charge in [-0.15, -0.1) is 0 Å². The molecule has 0 atom stereocenters. The molecule has 130 valence electrons. The van der Waals surface area contributed by atoms with Crippen molar-refractivity contribution in [2.45, 2.75) is 25.2 Å². The first kappa shape index (κ1) is 18.3. The minimum absolute atomic E-state index is 0.151. The molecule has 2 rings (SSSR count). The molecule has 0 fully saturated rings. The van der Waals surface area contributed by atoms with E-state index >= 15 is 0 Å². The van der Waals surface area contributed by atoms with Gasteiger partial charge < -0.3 is 0 Å². The molecule has 2 aromatic rings.